The van der Waals surface area contributed by atoms with Crippen LogP contribution in [0.3, 0.4) is 0 Å². The third-order valence-corrected chi connectivity index (χ3v) is 4.35. The van der Waals surface area contributed by atoms with Crippen LogP contribution in [0, 0.1) is 11.8 Å². The minimum Gasteiger partial charge on any atom is -0.481 e. The fourth-order valence-corrected chi connectivity index (χ4v) is 2.44. The highest BCUT2D eigenvalue weighted by molar-refractivity contribution is 5.84. The van der Waals surface area contributed by atoms with Crippen molar-refractivity contribution in [3.8, 4) is 0 Å². The Labute approximate surface area is 114 Å². The first-order valence-corrected chi connectivity index (χ1v) is 6.99. The molecular formula is C14H25NO4. The van der Waals surface area contributed by atoms with Crippen molar-refractivity contribution in [3.63, 3.8) is 0 Å². The van der Waals surface area contributed by atoms with Crippen molar-refractivity contribution < 1.29 is 19.4 Å². The molecule has 0 aromatic heterocycles. The molecule has 2 N–H and O–H groups in total. The van der Waals surface area contributed by atoms with Crippen LogP contribution in [0.2, 0.25) is 0 Å². The number of amides is 1. The molecule has 5 nitrogen and oxygen atoms in total. The molecule has 0 aliphatic heterocycles. The predicted octanol–water partition coefficient (Wildman–Crippen LogP) is 1.81. The topological polar surface area (TPSA) is 75.6 Å². The van der Waals surface area contributed by atoms with Crippen LogP contribution in [-0.4, -0.2) is 36.2 Å². The zero-order chi connectivity index (χ0) is 14.5. The normalized spacial score (nSPS) is 26.5. The van der Waals surface area contributed by atoms with Gasteiger partial charge in [-0.3, -0.25) is 9.59 Å². The highest BCUT2D eigenvalue weighted by Crippen LogP contribution is 2.28. The summed E-state index contributed by atoms with van der Waals surface area (Å²) in [6.07, 6.45) is 3.79. The van der Waals surface area contributed by atoms with Gasteiger partial charge < -0.3 is 15.2 Å². The minimum atomic E-state index is -0.766. The van der Waals surface area contributed by atoms with Crippen molar-refractivity contribution in [2.45, 2.75) is 51.6 Å². The van der Waals surface area contributed by atoms with Gasteiger partial charge in [0, 0.05) is 13.7 Å². The molecule has 1 saturated carbocycles. The first-order chi connectivity index (χ1) is 8.92. The minimum absolute atomic E-state index is 0.0853. The number of ether oxygens (including phenoxy) is 1. The third-order valence-electron chi connectivity index (χ3n) is 4.35. The molecule has 1 aliphatic rings. The SMILES string of the molecule is CCC(C)(OC)C(=O)NCC1CCC(C(=O)O)CC1. The van der Waals surface area contributed by atoms with Gasteiger partial charge in [-0.05, 0) is 44.9 Å². The van der Waals surface area contributed by atoms with Crippen LogP contribution in [0.15, 0.2) is 0 Å². The molecule has 110 valence electrons. The van der Waals surface area contributed by atoms with E-state index in [1.165, 1.54) is 0 Å². The summed E-state index contributed by atoms with van der Waals surface area (Å²) in [5, 5.41) is 11.9. The maximum Gasteiger partial charge on any atom is 0.306 e. The number of rotatable bonds is 6. The van der Waals surface area contributed by atoms with Gasteiger partial charge in [0.25, 0.3) is 5.91 Å². The predicted molar refractivity (Wildman–Crippen MR) is 71.8 cm³/mol. The van der Waals surface area contributed by atoms with E-state index in [1.54, 1.807) is 14.0 Å². The molecule has 1 fully saturated rings. The molecule has 0 aromatic carbocycles. The van der Waals surface area contributed by atoms with Crippen LogP contribution in [0.5, 0.6) is 0 Å². The Bertz CT molecular complexity index is 317. The average molecular weight is 271 g/mol. The number of aliphatic carboxylic acids is 1. The summed E-state index contributed by atoms with van der Waals surface area (Å²) in [7, 11) is 1.54. The number of hydrogen-bond acceptors (Lipinski definition) is 3. The Morgan fingerprint density at radius 3 is 2.32 bits per heavy atom. The van der Waals surface area contributed by atoms with Crippen molar-refractivity contribution in [1.82, 2.24) is 5.32 Å². The van der Waals surface area contributed by atoms with Crippen LogP contribution in [0.4, 0.5) is 0 Å². The largest absolute Gasteiger partial charge is 0.481 e. The Morgan fingerprint density at radius 1 is 1.32 bits per heavy atom. The molecular weight excluding hydrogens is 246 g/mol. The first kappa shape index (κ1) is 16.0. The van der Waals surface area contributed by atoms with E-state index >= 15 is 0 Å². The van der Waals surface area contributed by atoms with E-state index in [1.807, 2.05) is 6.92 Å². The van der Waals surface area contributed by atoms with Gasteiger partial charge in [-0.2, -0.15) is 0 Å². The second-order valence-corrected chi connectivity index (χ2v) is 5.55. The monoisotopic (exact) mass is 271 g/mol. The van der Waals surface area contributed by atoms with Crippen molar-refractivity contribution >= 4 is 11.9 Å². The number of hydrogen-bond donors (Lipinski definition) is 2. The molecule has 1 aliphatic carbocycles. The van der Waals surface area contributed by atoms with E-state index in [9.17, 15) is 9.59 Å². The van der Waals surface area contributed by atoms with Gasteiger partial charge in [-0.1, -0.05) is 6.92 Å². The number of carboxylic acid groups (broad SMARTS) is 1. The summed E-state index contributed by atoms with van der Waals surface area (Å²) >= 11 is 0. The van der Waals surface area contributed by atoms with Crippen LogP contribution in [0.25, 0.3) is 0 Å². The van der Waals surface area contributed by atoms with Gasteiger partial charge in [0.1, 0.15) is 5.60 Å². The van der Waals surface area contributed by atoms with E-state index in [-0.39, 0.29) is 11.8 Å². The summed E-state index contributed by atoms with van der Waals surface area (Å²) in [5.74, 6) is -0.595. The smallest absolute Gasteiger partial charge is 0.306 e. The Hall–Kier alpha value is -1.10. The molecule has 1 atom stereocenters. The fourth-order valence-electron chi connectivity index (χ4n) is 2.44. The highest BCUT2D eigenvalue weighted by Gasteiger charge is 2.32. The van der Waals surface area contributed by atoms with Gasteiger partial charge in [0.15, 0.2) is 0 Å². The molecule has 1 amide bonds. The number of carboxylic acids is 1. The van der Waals surface area contributed by atoms with E-state index in [0.29, 0.717) is 31.7 Å². The lowest BCUT2D eigenvalue weighted by Gasteiger charge is -2.29. The van der Waals surface area contributed by atoms with Crippen LogP contribution < -0.4 is 5.32 Å². The van der Waals surface area contributed by atoms with Crippen LogP contribution in [-0.2, 0) is 14.3 Å². The number of methoxy groups -OCH3 is 1. The second kappa shape index (κ2) is 6.89. The van der Waals surface area contributed by atoms with Crippen molar-refractivity contribution in [2.75, 3.05) is 13.7 Å². The summed E-state index contributed by atoms with van der Waals surface area (Å²) in [6, 6.07) is 0. The van der Waals surface area contributed by atoms with Crippen molar-refractivity contribution in [2.24, 2.45) is 11.8 Å². The van der Waals surface area contributed by atoms with Crippen molar-refractivity contribution in [3.05, 3.63) is 0 Å². The zero-order valence-corrected chi connectivity index (χ0v) is 12.1. The van der Waals surface area contributed by atoms with Crippen molar-refractivity contribution in [1.29, 1.82) is 0 Å². The Balaban J connectivity index is 2.35. The standard InChI is InChI=1S/C14H25NO4/c1-4-14(2,19-3)13(18)15-9-10-5-7-11(8-6-10)12(16)17/h10-11H,4-9H2,1-3H3,(H,15,18)(H,16,17). The molecule has 0 bridgehead atoms. The maximum absolute atomic E-state index is 12.0. The van der Waals surface area contributed by atoms with Gasteiger partial charge in [0.05, 0.1) is 5.92 Å². The maximum atomic E-state index is 12.0. The molecule has 0 aromatic rings. The molecule has 0 saturated heterocycles. The summed E-state index contributed by atoms with van der Waals surface area (Å²) in [4.78, 5) is 22.9. The fraction of sp³-hybridized carbons (Fsp3) is 0.857. The van der Waals surface area contributed by atoms with Crippen LogP contribution >= 0.6 is 0 Å². The molecule has 0 spiro atoms. The molecule has 0 heterocycles. The highest BCUT2D eigenvalue weighted by atomic mass is 16.5. The van der Waals surface area contributed by atoms with E-state index < -0.39 is 11.6 Å². The first-order valence-electron chi connectivity index (χ1n) is 6.99. The zero-order valence-electron chi connectivity index (χ0n) is 12.1. The Morgan fingerprint density at radius 2 is 1.89 bits per heavy atom. The quantitative estimate of drug-likeness (QED) is 0.772. The third kappa shape index (κ3) is 4.20. The summed E-state index contributed by atoms with van der Waals surface area (Å²) in [6.45, 7) is 4.31. The van der Waals surface area contributed by atoms with E-state index in [2.05, 4.69) is 5.32 Å². The number of carbonyl (C=O) groups is 2. The lowest BCUT2D eigenvalue weighted by atomic mass is 9.82. The van der Waals surface area contributed by atoms with Gasteiger partial charge in [-0.25, -0.2) is 0 Å². The van der Waals surface area contributed by atoms with Gasteiger partial charge in [0.2, 0.25) is 0 Å². The van der Waals surface area contributed by atoms with E-state index in [4.69, 9.17) is 9.84 Å². The molecule has 1 rings (SSSR count). The summed E-state index contributed by atoms with van der Waals surface area (Å²) in [5.41, 5.74) is -0.766. The second-order valence-electron chi connectivity index (χ2n) is 5.55. The Kier molecular flexibility index (Phi) is 5.79. The number of carbonyl (C=O) groups excluding carboxylic acids is 1. The molecule has 19 heavy (non-hydrogen) atoms. The van der Waals surface area contributed by atoms with Gasteiger partial charge in [-0.15, -0.1) is 0 Å². The molecule has 0 radical (unpaired) electrons. The lowest BCUT2D eigenvalue weighted by molar-refractivity contribution is -0.144. The van der Waals surface area contributed by atoms with Gasteiger partial charge >= 0.3 is 5.97 Å². The molecule has 5 heteroatoms. The molecule has 1 unspecified atom stereocenters. The lowest BCUT2D eigenvalue weighted by Crippen LogP contribution is -2.47. The average Bonchev–Trinajstić information content (AvgIpc) is 2.44. The van der Waals surface area contributed by atoms with E-state index in [0.717, 1.165) is 12.8 Å². The van der Waals surface area contributed by atoms with Crippen LogP contribution in [0.1, 0.15) is 46.0 Å². The number of nitrogens with one attached hydrogen (secondary N) is 1. The summed E-state index contributed by atoms with van der Waals surface area (Å²) < 4.78 is 5.25.